The van der Waals surface area contributed by atoms with Crippen LogP contribution in [0.4, 0.5) is 14.9 Å². The van der Waals surface area contributed by atoms with Crippen molar-refractivity contribution >= 4 is 29.0 Å². The standard InChI is InChI=1S/C17H16FN7O3S/c1-10(26)20-5-12-6-25(17(27)28-12)11-2-3-13(14(18)4-11)16-23-22-15(29-16)7-24-9-19-8-21-24/h2-4,8-9,12H,5-7H2,1H3,(H,20,26). The SMILES string of the molecule is CC(=O)NCC1CN(c2ccc(-c3nnc(Cn4cncn4)s3)c(F)c2)C(=O)O1. The highest BCUT2D eigenvalue weighted by molar-refractivity contribution is 7.14. The summed E-state index contributed by atoms with van der Waals surface area (Å²) in [4.78, 5) is 28.3. The number of nitrogens with one attached hydrogen (secondary N) is 1. The largest absolute Gasteiger partial charge is 0.442 e. The van der Waals surface area contributed by atoms with Crippen LogP contribution in [0.1, 0.15) is 11.9 Å². The molecule has 1 aromatic carbocycles. The molecule has 3 aromatic rings. The van der Waals surface area contributed by atoms with Gasteiger partial charge in [0.2, 0.25) is 5.91 Å². The summed E-state index contributed by atoms with van der Waals surface area (Å²) in [5.74, 6) is -0.737. The lowest BCUT2D eigenvalue weighted by molar-refractivity contribution is -0.119. The molecule has 0 spiro atoms. The molecular formula is C17H16FN7O3S. The maximum Gasteiger partial charge on any atom is 0.414 e. The van der Waals surface area contributed by atoms with Gasteiger partial charge in [-0.1, -0.05) is 11.3 Å². The van der Waals surface area contributed by atoms with Crippen LogP contribution in [0.3, 0.4) is 0 Å². The summed E-state index contributed by atoms with van der Waals surface area (Å²) in [5, 5.41) is 15.8. The molecule has 29 heavy (non-hydrogen) atoms. The Hall–Kier alpha value is -3.41. The Kier molecular flexibility index (Phi) is 5.16. The smallest absolute Gasteiger partial charge is 0.414 e. The average Bonchev–Trinajstić information content (AvgIpc) is 3.42. The monoisotopic (exact) mass is 417 g/mol. The lowest BCUT2D eigenvalue weighted by atomic mass is 10.2. The highest BCUT2D eigenvalue weighted by Gasteiger charge is 2.32. The number of carbonyl (C=O) groups is 2. The third-order valence-corrected chi connectivity index (χ3v) is 5.12. The van der Waals surface area contributed by atoms with Gasteiger partial charge in [0.15, 0.2) is 5.01 Å². The van der Waals surface area contributed by atoms with Crippen molar-refractivity contribution in [1.29, 1.82) is 0 Å². The molecule has 0 radical (unpaired) electrons. The van der Waals surface area contributed by atoms with Crippen molar-refractivity contribution in [3.63, 3.8) is 0 Å². The van der Waals surface area contributed by atoms with Crippen LogP contribution in [0.15, 0.2) is 30.9 Å². The number of amides is 2. The zero-order valence-electron chi connectivity index (χ0n) is 15.3. The lowest BCUT2D eigenvalue weighted by Gasteiger charge is -2.14. The summed E-state index contributed by atoms with van der Waals surface area (Å²) >= 11 is 1.25. The molecule has 1 aliphatic rings. The van der Waals surface area contributed by atoms with Crippen LogP contribution in [-0.4, -0.2) is 56.2 Å². The third-order valence-electron chi connectivity index (χ3n) is 4.18. The van der Waals surface area contributed by atoms with E-state index in [2.05, 4.69) is 25.6 Å². The summed E-state index contributed by atoms with van der Waals surface area (Å²) in [7, 11) is 0. The molecule has 3 heterocycles. The number of halogens is 1. The first-order valence-electron chi connectivity index (χ1n) is 8.67. The number of anilines is 1. The Morgan fingerprint density at radius 3 is 3.00 bits per heavy atom. The van der Waals surface area contributed by atoms with Crippen molar-refractivity contribution in [2.75, 3.05) is 18.0 Å². The van der Waals surface area contributed by atoms with E-state index in [1.807, 2.05) is 0 Å². The zero-order chi connectivity index (χ0) is 20.4. The molecule has 1 N–H and O–H groups in total. The Labute approximate surface area is 168 Å². The van der Waals surface area contributed by atoms with E-state index in [-0.39, 0.29) is 19.0 Å². The quantitative estimate of drug-likeness (QED) is 0.645. The lowest BCUT2D eigenvalue weighted by Crippen LogP contribution is -2.33. The molecule has 0 aliphatic carbocycles. The maximum absolute atomic E-state index is 14.7. The van der Waals surface area contributed by atoms with E-state index in [9.17, 15) is 14.0 Å². The molecule has 1 atom stereocenters. The number of nitrogens with zero attached hydrogens (tertiary/aromatic N) is 6. The first-order chi connectivity index (χ1) is 14.0. The van der Waals surface area contributed by atoms with Crippen molar-refractivity contribution in [3.05, 3.63) is 41.7 Å². The summed E-state index contributed by atoms with van der Waals surface area (Å²) in [6.07, 6.45) is 1.91. The molecule has 2 aromatic heterocycles. The predicted molar refractivity (Wildman–Crippen MR) is 101 cm³/mol. The summed E-state index contributed by atoms with van der Waals surface area (Å²) in [6.45, 7) is 2.20. The van der Waals surface area contributed by atoms with Gasteiger partial charge in [-0.2, -0.15) is 5.10 Å². The minimum absolute atomic E-state index is 0.206. The van der Waals surface area contributed by atoms with E-state index in [4.69, 9.17) is 4.74 Å². The second kappa shape index (κ2) is 7.91. The highest BCUT2D eigenvalue weighted by atomic mass is 32.1. The number of rotatable bonds is 6. The van der Waals surface area contributed by atoms with Crippen molar-refractivity contribution < 1.29 is 18.7 Å². The number of aromatic nitrogens is 5. The molecule has 1 aliphatic heterocycles. The molecule has 1 unspecified atom stereocenters. The molecule has 150 valence electrons. The zero-order valence-corrected chi connectivity index (χ0v) is 16.1. The van der Waals surface area contributed by atoms with E-state index in [1.54, 1.807) is 23.1 Å². The normalized spacial score (nSPS) is 16.1. The van der Waals surface area contributed by atoms with Gasteiger partial charge in [0.05, 0.1) is 25.3 Å². The molecule has 1 fully saturated rings. The molecule has 12 heteroatoms. The van der Waals surface area contributed by atoms with Gasteiger partial charge in [-0.15, -0.1) is 10.2 Å². The van der Waals surface area contributed by atoms with Crippen molar-refractivity contribution in [2.45, 2.75) is 19.6 Å². The maximum atomic E-state index is 14.7. The van der Waals surface area contributed by atoms with E-state index in [1.165, 1.54) is 35.6 Å². The fraction of sp³-hybridized carbons (Fsp3) is 0.294. The average molecular weight is 417 g/mol. The minimum Gasteiger partial charge on any atom is -0.442 e. The summed E-state index contributed by atoms with van der Waals surface area (Å²) < 4.78 is 21.5. The van der Waals surface area contributed by atoms with Gasteiger partial charge < -0.3 is 10.1 Å². The van der Waals surface area contributed by atoms with Gasteiger partial charge in [-0.3, -0.25) is 9.69 Å². The van der Waals surface area contributed by atoms with E-state index < -0.39 is 18.0 Å². The third kappa shape index (κ3) is 4.21. The Morgan fingerprint density at radius 2 is 2.28 bits per heavy atom. The fourth-order valence-corrected chi connectivity index (χ4v) is 3.68. The summed E-state index contributed by atoms with van der Waals surface area (Å²) in [6, 6.07) is 4.44. The molecule has 0 bridgehead atoms. The van der Waals surface area contributed by atoms with Crippen LogP contribution in [0, 0.1) is 5.82 Å². The topological polar surface area (TPSA) is 115 Å². The van der Waals surface area contributed by atoms with Gasteiger partial charge in [-0.05, 0) is 18.2 Å². The molecular weight excluding hydrogens is 401 g/mol. The second-order valence-electron chi connectivity index (χ2n) is 6.31. The summed E-state index contributed by atoms with van der Waals surface area (Å²) in [5.41, 5.74) is 0.660. The minimum atomic E-state index is -0.585. The van der Waals surface area contributed by atoms with Crippen LogP contribution >= 0.6 is 11.3 Å². The van der Waals surface area contributed by atoms with E-state index in [0.717, 1.165) is 0 Å². The van der Waals surface area contributed by atoms with Gasteiger partial charge in [-0.25, -0.2) is 18.9 Å². The first kappa shape index (κ1) is 18.9. The van der Waals surface area contributed by atoms with Crippen LogP contribution in [-0.2, 0) is 16.1 Å². The van der Waals surface area contributed by atoms with Crippen LogP contribution in [0.5, 0.6) is 0 Å². The van der Waals surface area contributed by atoms with Gasteiger partial charge in [0.1, 0.15) is 29.6 Å². The van der Waals surface area contributed by atoms with Gasteiger partial charge in [0.25, 0.3) is 0 Å². The Morgan fingerprint density at radius 1 is 1.41 bits per heavy atom. The van der Waals surface area contributed by atoms with Crippen molar-refractivity contribution in [2.24, 2.45) is 0 Å². The second-order valence-corrected chi connectivity index (χ2v) is 7.37. The van der Waals surface area contributed by atoms with Crippen LogP contribution < -0.4 is 10.2 Å². The number of cyclic esters (lactones) is 1. The predicted octanol–water partition coefficient (Wildman–Crippen LogP) is 1.45. The van der Waals surface area contributed by atoms with Crippen molar-refractivity contribution in [3.8, 4) is 10.6 Å². The van der Waals surface area contributed by atoms with Gasteiger partial charge in [0, 0.05) is 12.5 Å². The number of ether oxygens (including phenoxy) is 1. The molecule has 2 amide bonds. The molecule has 10 nitrogen and oxygen atoms in total. The highest BCUT2D eigenvalue weighted by Crippen LogP contribution is 2.30. The van der Waals surface area contributed by atoms with E-state index in [0.29, 0.717) is 27.8 Å². The molecule has 1 saturated heterocycles. The van der Waals surface area contributed by atoms with Crippen molar-refractivity contribution in [1.82, 2.24) is 30.3 Å². The van der Waals surface area contributed by atoms with E-state index >= 15 is 0 Å². The number of hydrogen-bond acceptors (Lipinski definition) is 8. The van der Waals surface area contributed by atoms with Crippen LogP contribution in [0.2, 0.25) is 0 Å². The number of carbonyl (C=O) groups excluding carboxylic acids is 2. The van der Waals surface area contributed by atoms with Gasteiger partial charge >= 0.3 is 6.09 Å². The Bertz CT molecular complexity index is 1040. The number of hydrogen-bond donors (Lipinski definition) is 1. The Balaban J connectivity index is 1.48. The molecule has 4 rings (SSSR count). The number of benzene rings is 1. The van der Waals surface area contributed by atoms with Crippen LogP contribution in [0.25, 0.3) is 10.6 Å². The first-order valence-corrected chi connectivity index (χ1v) is 9.48. The molecule has 0 saturated carbocycles. The fourth-order valence-electron chi connectivity index (χ4n) is 2.82.